The Bertz CT molecular complexity index is 495. The van der Waals surface area contributed by atoms with Crippen molar-refractivity contribution in [3.63, 3.8) is 0 Å². The Kier molecular flexibility index (Phi) is 4.43. The predicted molar refractivity (Wildman–Crippen MR) is 62.2 cm³/mol. The maximum Gasteiger partial charge on any atom is 0.295 e. The lowest BCUT2D eigenvalue weighted by atomic mass is 10.1. The number of hydrogen-bond donors (Lipinski definition) is 1. The van der Waals surface area contributed by atoms with Gasteiger partial charge in [-0.25, -0.2) is 4.39 Å². The van der Waals surface area contributed by atoms with Crippen LogP contribution in [0, 0.1) is 15.9 Å². The summed E-state index contributed by atoms with van der Waals surface area (Å²) in [7, 11) is 0. The molecule has 1 rings (SSSR count). The Hall–Kier alpha value is -1.89. The predicted octanol–water partition coefficient (Wildman–Crippen LogP) is 2.71. The zero-order valence-electron chi connectivity index (χ0n) is 9.57. The van der Waals surface area contributed by atoms with Crippen molar-refractivity contribution in [2.75, 3.05) is 5.32 Å². The van der Waals surface area contributed by atoms with Crippen molar-refractivity contribution >= 4 is 23.2 Å². The fourth-order valence-corrected chi connectivity index (χ4v) is 1.65. The molecule has 1 aromatic rings. The Labute approximate surface area is 107 Å². The summed E-state index contributed by atoms with van der Waals surface area (Å²) >= 11 is 5.76. The van der Waals surface area contributed by atoms with Crippen LogP contribution in [0.5, 0.6) is 0 Å². The highest BCUT2D eigenvalue weighted by Crippen LogP contribution is 2.30. The van der Waals surface area contributed by atoms with Gasteiger partial charge in [0, 0.05) is 17.5 Å². The van der Waals surface area contributed by atoms with E-state index in [4.69, 9.17) is 11.6 Å². The van der Waals surface area contributed by atoms with Crippen LogP contribution in [0.2, 0.25) is 5.02 Å². The summed E-state index contributed by atoms with van der Waals surface area (Å²) in [5.41, 5.74) is 0.0965. The molecule has 0 bridgehead atoms. The minimum absolute atomic E-state index is 0.0176. The van der Waals surface area contributed by atoms with E-state index in [1.165, 1.54) is 19.9 Å². The van der Waals surface area contributed by atoms with Crippen molar-refractivity contribution < 1.29 is 19.1 Å². The van der Waals surface area contributed by atoms with Crippen LogP contribution < -0.4 is 5.32 Å². The van der Waals surface area contributed by atoms with Gasteiger partial charge in [-0.1, -0.05) is 11.6 Å². The van der Waals surface area contributed by atoms with Gasteiger partial charge in [-0.2, -0.15) is 0 Å². The van der Waals surface area contributed by atoms with Crippen LogP contribution in [0.4, 0.5) is 10.1 Å². The molecule has 6 nitrogen and oxygen atoms in total. The first-order valence-electron chi connectivity index (χ1n) is 4.89. The molecule has 0 radical (unpaired) electrons. The molecule has 0 saturated heterocycles. The third-order valence-electron chi connectivity index (χ3n) is 2.08. The first-order valence-corrected chi connectivity index (χ1v) is 5.26. The molecule has 1 atom stereocenters. The van der Waals surface area contributed by atoms with Crippen molar-refractivity contribution in [1.29, 1.82) is 0 Å². The lowest BCUT2D eigenvalue weighted by molar-refractivity contribution is -0.770. The van der Waals surface area contributed by atoms with Crippen LogP contribution in [-0.2, 0) is 9.63 Å². The minimum Gasteiger partial charge on any atom is -0.324 e. The zero-order chi connectivity index (χ0) is 13.9. The number of nitrogens with zero attached hydrogens (tertiary/aromatic N) is 1. The van der Waals surface area contributed by atoms with Crippen molar-refractivity contribution in [2.45, 2.75) is 20.0 Å². The molecule has 98 valence electrons. The highest BCUT2D eigenvalue weighted by atomic mass is 35.5. The molecule has 1 aromatic carbocycles. The molecule has 0 aromatic heterocycles. The Morgan fingerprint density at radius 2 is 2.22 bits per heavy atom. The van der Waals surface area contributed by atoms with E-state index in [1.54, 1.807) is 0 Å². The largest absolute Gasteiger partial charge is 0.324 e. The Morgan fingerprint density at radius 3 is 2.72 bits per heavy atom. The molecule has 0 heterocycles. The highest BCUT2D eigenvalue weighted by Gasteiger charge is 2.17. The second-order valence-electron chi connectivity index (χ2n) is 3.51. The van der Waals surface area contributed by atoms with E-state index in [0.717, 1.165) is 6.07 Å². The molecule has 8 heteroatoms. The monoisotopic (exact) mass is 276 g/mol. The van der Waals surface area contributed by atoms with E-state index in [9.17, 15) is 19.3 Å². The number of carbonyl (C=O) groups is 1. The number of hydrogen-bond acceptors (Lipinski definition) is 4. The van der Waals surface area contributed by atoms with Crippen LogP contribution in [0.1, 0.15) is 25.5 Å². The van der Waals surface area contributed by atoms with E-state index < -0.39 is 22.9 Å². The molecular weight excluding hydrogens is 267 g/mol. The molecular formula is C10H10ClFN2O4. The zero-order valence-corrected chi connectivity index (χ0v) is 10.3. The van der Waals surface area contributed by atoms with Crippen molar-refractivity contribution in [1.82, 2.24) is 0 Å². The Balaban J connectivity index is 3.11. The number of benzene rings is 1. The van der Waals surface area contributed by atoms with Crippen LogP contribution in [-0.4, -0.2) is 11.0 Å². The fraction of sp³-hybridized carbons (Fsp3) is 0.300. The lowest BCUT2D eigenvalue weighted by Gasteiger charge is -2.14. The summed E-state index contributed by atoms with van der Waals surface area (Å²) in [4.78, 5) is 25.4. The second kappa shape index (κ2) is 5.63. The Morgan fingerprint density at radius 1 is 1.61 bits per heavy atom. The molecule has 0 fully saturated rings. The van der Waals surface area contributed by atoms with Crippen molar-refractivity contribution in [3.05, 3.63) is 38.7 Å². The third-order valence-corrected chi connectivity index (χ3v) is 2.41. The van der Waals surface area contributed by atoms with Gasteiger partial charge in [0.25, 0.3) is 5.09 Å². The number of anilines is 1. The first kappa shape index (κ1) is 14.2. The average molecular weight is 277 g/mol. The van der Waals surface area contributed by atoms with Gasteiger partial charge in [-0.15, -0.1) is 10.1 Å². The third kappa shape index (κ3) is 3.56. The topological polar surface area (TPSA) is 81.5 Å². The summed E-state index contributed by atoms with van der Waals surface area (Å²) in [6, 6.07) is 2.16. The molecule has 1 unspecified atom stereocenters. The number of nitrogens with one attached hydrogen (secondary N) is 1. The molecule has 1 N–H and O–H groups in total. The van der Waals surface area contributed by atoms with Gasteiger partial charge in [-0.3, -0.25) is 4.79 Å². The second-order valence-corrected chi connectivity index (χ2v) is 3.91. The van der Waals surface area contributed by atoms with Gasteiger partial charge in [0.05, 0.1) is 5.69 Å². The van der Waals surface area contributed by atoms with Crippen LogP contribution >= 0.6 is 11.6 Å². The molecule has 0 aliphatic heterocycles. The summed E-state index contributed by atoms with van der Waals surface area (Å²) in [5, 5.41) is 11.5. The summed E-state index contributed by atoms with van der Waals surface area (Å²) in [5.74, 6) is -1.20. The molecule has 18 heavy (non-hydrogen) atoms. The number of carbonyl (C=O) groups excluding carboxylic acids is 1. The van der Waals surface area contributed by atoms with Gasteiger partial charge in [0.1, 0.15) is 11.9 Å². The van der Waals surface area contributed by atoms with Gasteiger partial charge in [0.2, 0.25) is 5.91 Å². The van der Waals surface area contributed by atoms with Gasteiger partial charge >= 0.3 is 0 Å². The SMILES string of the molecule is CC(=O)Nc1cc(C(C)O[N+](=O)[O-])c(Cl)cc1F. The van der Waals surface area contributed by atoms with E-state index >= 15 is 0 Å². The van der Waals surface area contributed by atoms with Crippen LogP contribution in [0.3, 0.4) is 0 Å². The molecule has 0 aliphatic rings. The lowest BCUT2D eigenvalue weighted by Crippen LogP contribution is -2.11. The van der Waals surface area contributed by atoms with Crippen molar-refractivity contribution in [2.24, 2.45) is 0 Å². The van der Waals surface area contributed by atoms with E-state index in [0.29, 0.717) is 0 Å². The normalized spacial score (nSPS) is 11.8. The molecule has 0 aliphatic carbocycles. The van der Waals surface area contributed by atoms with Crippen LogP contribution in [0.15, 0.2) is 12.1 Å². The minimum atomic E-state index is -0.972. The summed E-state index contributed by atoms with van der Waals surface area (Å²) in [6.45, 7) is 2.60. The number of amides is 1. The van der Waals surface area contributed by atoms with E-state index in [1.807, 2.05) is 0 Å². The molecule has 0 spiro atoms. The van der Waals surface area contributed by atoms with Gasteiger partial charge in [-0.05, 0) is 19.1 Å². The van der Waals surface area contributed by atoms with Gasteiger partial charge in [0.15, 0.2) is 0 Å². The highest BCUT2D eigenvalue weighted by molar-refractivity contribution is 6.31. The fourth-order valence-electron chi connectivity index (χ4n) is 1.35. The summed E-state index contributed by atoms with van der Waals surface area (Å²) < 4.78 is 13.4. The van der Waals surface area contributed by atoms with Crippen LogP contribution in [0.25, 0.3) is 0 Å². The number of halogens is 2. The van der Waals surface area contributed by atoms with E-state index in [-0.39, 0.29) is 16.3 Å². The van der Waals surface area contributed by atoms with E-state index in [2.05, 4.69) is 10.2 Å². The maximum absolute atomic E-state index is 13.4. The standard InChI is InChI=1S/C10H10ClFN2O4/c1-5(18-14(16)17)7-3-10(13-6(2)15)9(12)4-8(7)11/h3-5H,1-2H3,(H,13,15). The molecule has 0 saturated carbocycles. The first-order chi connectivity index (χ1) is 8.31. The number of rotatable bonds is 4. The average Bonchev–Trinajstić information content (AvgIpc) is 2.20. The maximum atomic E-state index is 13.4. The summed E-state index contributed by atoms with van der Waals surface area (Å²) in [6.07, 6.45) is -0.972. The quantitative estimate of drug-likeness (QED) is 0.677. The smallest absolute Gasteiger partial charge is 0.295 e. The molecule has 1 amide bonds. The van der Waals surface area contributed by atoms with Crippen molar-refractivity contribution in [3.8, 4) is 0 Å². The van der Waals surface area contributed by atoms with Gasteiger partial charge < -0.3 is 10.2 Å².